The van der Waals surface area contributed by atoms with Gasteiger partial charge in [0.25, 0.3) is 0 Å². The van der Waals surface area contributed by atoms with Crippen molar-refractivity contribution in [2.24, 2.45) is 0 Å². The molecule has 1 unspecified atom stereocenters. The van der Waals surface area contributed by atoms with E-state index in [-0.39, 0.29) is 5.91 Å². The van der Waals surface area contributed by atoms with Crippen molar-refractivity contribution in [1.29, 1.82) is 0 Å². The van der Waals surface area contributed by atoms with Gasteiger partial charge in [-0.05, 0) is 38.3 Å². The molecule has 2 aromatic rings. The Kier molecular flexibility index (Phi) is 5.13. The molecule has 2 rings (SSSR count). The van der Waals surface area contributed by atoms with Crippen LogP contribution in [-0.2, 0) is 16.0 Å². The molecule has 0 bridgehead atoms. The van der Waals surface area contributed by atoms with Crippen LogP contribution in [0.15, 0.2) is 24.3 Å². The smallest absolute Gasteiger partial charge is 0.329 e. The van der Waals surface area contributed by atoms with E-state index in [0.717, 1.165) is 21.6 Å². The molecule has 1 amide bonds. The summed E-state index contributed by atoms with van der Waals surface area (Å²) in [4.78, 5) is 27.6. The van der Waals surface area contributed by atoms with Crippen LogP contribution in [-0.4, -0.2) is 27.5 Å². The predicted octanol–water partition coefficient (Wildman–Crippen LogP) is 2.99. The third-order valence-electron chi connectivity index (χ3n) is 3.73. The number of amides is 1. The molecule has 0 aliphatic heterocycles. The topological polar surface area (TPSA) is 79.3 Å². The number of aromatic nitrogens is 1. The summed E-state index contributed by atoms with van der Waals surface area (Å²) in [6, 6.07) is 7.94. The number of carbonyl (C=O) groups is 2. The summed E-state index contributed by atoms with van der Waals surface area (Å²) in [7, 11) is 0. The Labute approximate surface area is 133 Å². The van der Waals surface area contributed by atoms with E-state index in [1.165, 1.54) is 6.92 Å². The summed E-state index contributed by atoms with van der Waals surface area (Å²) in [6.07, 6.45) is 2.04. The third kappa shape index (κ3) is 3.82. The lowest BCUT2D eigenvalue weighted by Gasteiger charge is -2.24. The van der Waals surface area contributed by atoms with Crippen molar-refractivity contribution in [2.45, 2.75) is 45.1 Å². The van der Waals surface area contributed by atoms with E-state index < -0.39 is 11.5 Å². The van der Waals surface area contributed by atoms with E-state index in [2.05, 4.69) is 10.3 Å². The van der Waals surface area contributed by atoms with Gasteiger partial charge in [-0.3, -0.25) is 4.79 Å². The summed E-state index contributed by atoms with van der Waals surface area (Å²) in [5.41, 5.74) is -0.205. The van der Waals surface area contributed by atoms with Crippen molar-refractivity contribution < 1.29 is 14.7 Å². The van der Waals surface area contributed by atoms with E-state index >= 15 is 0 Å². The van der Waals surface area contributed by atoms with Crippen molar-refractivity contribution in [3.05, 3.63) is 29.3 Å². The van der Waals surface area contributed by atoms with Crippen LogP contribution in [0.2, 0.25) is 0 Å². The normalized spacial score (nSPS) is 13.7. The summed E-state index contributed by atoms with van der Waals surface area (Å²) in [5, 5.41) is 12.7. The van der Waals surface area contributed by atoms with Crippen LogP contribution in [0.3, 0.4) is 0 Å². The molecule has 2 N–H and O–H groups in total. The Morgan fingerprint density at radius 2 is 2.09 bits per heavy atom. The number of nitrogens with one attached hydrogen (secondary N) is 1. The maximum absolute atomic E-state index is 11.9. The second kappa shape index (κ2) is 6.87. The first-order valence-electron chi connectivity index (χ1n) is 7.33. The van der Waals surface area contributed by atoms with Gasteiger partial charge in [-0.1, -0.05) is 19.1 Å². The first kappa shape index (κ1) is 16.4. The van der Waals surface area contributed by atoms with Crippen molar-refractivity contribution in [1.82, 2.24) is 10.3 Å². The molecule has 6 heteroatoms. The molecule has 0 saturated heterocycles. The monoisotopic (exact) mass is 320 g/mol. The quantitative estimate of drug-likeness (QED) is 0.822. The highest BCUT2D eigenvalue weighted by Crippen LogP contribution is 2.22. The second-order valence-corrected chi connectivity index (χ2v) is 6.58. The molecule has 1 aromatic carbocycles. The molecule has 1 heterocycles. The van der Waals surface area contributed by atoms with Gasteiger partial charge in [-0.25, -0.2) is 9.78 Å². The lowest BCUT2D eigenvalue weighted by atomic mass is 9.99. The van der Waals surface area contributed by atoms with Crippen molar-refractivity contribution >= 4 is 33.4 Å². The Morgan fingerprint density at radius 1 is 1.36 bits per heavy atom. The van der Waals surface area contributed by atoms with Crippen LogP contribution in [0.5, 0.6) is 0 Å². The van der Waals surface area contributed by atoms with Crippen LogP contribution >= 0.6 is 11.3 Å². The largest absolute Gasteiger partial charge is 0.480 e. The zero-order valence-corrected chi connectivity index (χ0v) is 13.6. The number of nitrogens with zero attached hydrogens (tertiary/aromatic N) is 1. The molecular formula is C16H20N2O3S. The van der Waals surface area contributed by atoms with E-state index in [0.29, 0.717) is 19.3 Å². The van der Waals surface area contributed by atoms with E-state index in [1.807, 2.05) is 24.3 Å². The Balaban J connectivity index is 1.85. The minimum Gasteiger partial charge on any atom is -0.480 e. The van der Waals surface area contributed by atoms with Crippen LogP contribution in [0.1, 0.15) is 38.1 Å². The first-order valence-corrected chi connectivity index (χ1v) is 8.15. The zero-order valence-electron chi connectivity index (χ0n) is 12.8. The van der Waals surface area contributed by atoms with E-state index in [4.69, 9.17) is 5.11 Å². The number of rotatable bonds is 7. The van der Waals surface area contributed by atoms with Crippen molar-refractivity contribution in [3.8, 4) is 0 Å². The number of fused-ring (bicyclic) bond motifs is 1. The number of aryl methyl sites for hydroxylation is 1. The summed E-state index contributed by atoms with van der Waals surface area (Å²) in [6.45, 7) is 3.27. The van der Waals surface area contributed by atoms with Crippen molar-refractivity contribution in [2.75, 3.05) is 0 Å². The number of benzene rings is 1. The Hall–Kier alpha value is -1.95. The van der Waals surface area contributed by atoms with Gasteiger partial charge in [0.2, 0.25) is 5.91 Å². The highest BCUT2D eigenvalue weighted by Gasteiger charge is 2.32. The van der Waals surface area contributed by atoms with E-state index in [1.54, 1.807) is 18.3 Å². The second-order valence-electron chi connectivity index (χ2n) is 5.47. The van der Waals surface area contributed by atoms with Crippen LogP contribution in [0.25, 0.3) is 10.2 Å². The summed E-state index contributed by atoms with van der Waals surface area (Å²) in [5.74, 6) is -1.23. The van der Waals surface area contributed by atoms with Crippen molar-refractivity contribution in [3.63, 3.8) is 0 Å². The van der Waals surface area contributed by atoms with Crippen LogP contribution in [0, 0.1) is 0 Å². The number of hydrogen-bond acceptors (Lipinski definition) is 4. The lowest BCUT2D eigenvalue weighted by molar-refractivity contribution is -0.147. The number of hydrogen-bond donors (Lipinski definition) is 2. The highest BCUT2D eigenvalue weighted by atomic mass is 32.1. The van der Waals surface area contributed by atoms with Crippen LogP contribution in [0.4, 0.5) is 0 Å². The molecule has 0 spiro atoms. The highest BCUT2D eigenvalue weighted by molar-refractivity contribution is 7.18. The SMILES string of the molecule is CCC(C)(NC(=O)CCCc1nc2ccccc2s1)C(=O)O. The Bertz CT molecular complexity index is 650. The predicted molar refractivity (Wildman–Crippen MR) is 87.0 cm³/mol. The fourth-order valence-electron chi connectivity index (χ4n) is 2.09. The molecule has 22 heavy (non-hydrogen) atoms. The van der Waals surface area contributed by atoms with Gasteiger partial charge >= 0.3 is 5.97 Å². The number of carboxylic acids is 1. The number of carbonyl (C=O) groups excluding carboxylic acids is 1. The minimum atomic E-state index is -1.19. The fraction of sp³-hybridized carbons (Fsp3) is 0.438. The molecule has 5 nitrogen and oxygen atoms in total. The molecule has 118 valence electrons. The Morgan fingerprint density at radius 3 is 2.73 bits per heavy atom. The molecular weight excluding hydrogens is 300 g/mol. The van der Waals surface area contributed by atoms with E-state index in [9.17, 15) is 9.59 Å². The molecule has 0 saturated carbocycles. The number of thiazole rings is 1. The molecule has 1 aromatic heterocycles. The van der Waals surface area contributed by atoms with Gasteiger partial charge in [0.15, 0.2) is 0 Å². The molecule has 0 aliphatic rings. The van der Waals surface area contributed by atoms with Gasteiger partial charge in [0, 0.05) is 6.42 Å². The number of para-hydroxylation sites is 1. The summed E-state index contributed by atoms with van der Waals surface area (Å²) >= 11 is 1.63. The molecule has 1 atom stereocenters. The minimum absolute atomic E-state index is 0.229. The maximum Gasteiger partial charge on any atom is 0.329 e. The third-order valence-corrected chi connectivity index (χ3v) is 4.82. The first-order chi connectivity index (χ1) is 10.4. The standard InChI is InChI=1S/C16H20N2O3S/c1-3-16(2,15(20)21)18-13(19)9-6-10-14-17-11-7-4-5-8-12(11)22-14/h4-5,7-8H,3,6,9-10H2,1-2H3,(H,18,19)(H,20,21). The molecule has 0 fully saturated rings. The van der Waals surface area contributed by atoms with Gasteiger partial charge in [-0.15, -0.1) is 11.3 Å². The van der Waals surface area contributed by atoms with Gasteiger partial charge in [-0.2, -0.15) is 0 Å². The lowest BCUT2D eigenvalue weighted by Crippen LogP contribution is -2.51. The zero-order chi connectivity index (χ0) is 16.2. The van der Waals surface area contributed by atoms with Gasteiger partial charge in [0.1, 0.15) is 5.54 Å². The molecule has 0 aliphatic carbocycles. The fourth-order valence-corrected chi connectivity index (χ4v) is 3.10. The number of carboxylic acid groups (broad SMARTS) is 1. The molecule has 0 radical (unpaired) electrons. The van der Waals surface area contributed by atoms with Gasteiger partial charge in [0.05, 0.1) is 15.2 Å². The average Bonchev–Trinajstić information content (AvgIpc) is 2.89. The number of aliphatic carboxylic acids is 1. The maximum atomic E-state index is 11.9. The average molecular weight is 320 g/mol. The van der Waals surface area contributed by atoms with Crippen LogP contribution < -0.4 is 5.32 Å². The van der Waals surface area contributed by atoms with Gasteiger partial charge < -0.3 is 10.4 Å². The summed E-state index contributed by atoms with van der Waals surface area (Å²) < 4.78 is 1.14.